The van der Waals surface area contributed by atoms with Gasteiger partial charge in [0.15, 0.2) is 0 Å². The molecule has 29 heavy (non-hydrogen) atoms. The van der Waals surface area contributed by atoms with E-state index in [4.69, 9.17) is 0 Å². The van der Waals surface area contributed by atoms with Crippen LogP contribution in [0.5, 0.6) is 0 Å². The number of nitrogens with one attached hydrogen (secondary N) is 1. The first-order valence-electron chi connectivity index (χ1n) is 9.52. The van der Waals surface area contributed by atoms with Gasteiger partial charge in [0.1, 0.15) is 0 Å². The molecule has 1 N–H and O–H groups in total. The highest BCUT2D eigenvalue weighted by Crippen LogP contribution is 2.40. The number of hydrogen-bond acceptors (Lipinski definition) is 2. The summed E-state index contributed by atoms with van der Waals surface area (Å²) >= 11 is 0. The van der Waals surface area contributed by atoms with Crippen molar-refractivity contribution < 1.29 is 8.42 Å². The average molecular weight is 401 g/mol. The quantitative estimate of drug-likeness (QED) is 0.520. The van der Waals surface area contributed by atoms with E-state index in [0.29, 0.717) is 0 Å². The van der Waals surface area contributed by atoms with Gasteiger partial charge in [-0.25, -0.2) is 8.42 Å². The third-order valence-electron chi connectivity index (χ3n) is 5.38. The molecule has 144 valence electrons. The van der Waals surface area contributed by atoms with E-state index in [0.717, 1.165) is 33.2 Å². The zero-order chi connectivity index (χ0) is 19.8. The molecule has 0 spiro atoms. The molecule has 1 atom stereocenters. The summed E-state index contributed by atoms with van der Waals surface area (Å²) < 4.78 is 28.5. The minimum atomic E-state index is -3.59. The molecule has 4 nitrogen and oxygen atoms in total. The Morgan fingerprint density at radius 2 is 1.55 bits per heavy atom. The number of H-pyrrole nitrogens is 1. The smallest absolute Gasteiger partial charge is 0.239 e. The van der Waals surface area contributed by atoms with Gasteiger partial charge in [-0.1, -0.05) is 72.8 Å². The molecule has 2 heterocycles. The Balaban J connectivity index is 1.66. The first-order valence-corrected chi connectivity index (χ1v) is 11.1. The highest BCUT2D eigenvalue weighted by Gasteiger charge is 2.34. The molecule has 0 saturated heterocycles. The van der Waals surface area contributed by atoms with Gasteiger partial charge in [0.05, 0.1) is 11.8 Å². The van der Waals surface area contributed by atoms with E-state index >= 15 is 0 Å². The Morgan fingerprint density at radius 1 is 0.828 bits per heavy atom. The Morgan fingerprint density at radius 3 is 2.41 bits per heavy atom. The number of aromatic amines is 1. The van der Waals surface area contributed by atoms with E-state index in [2.05, 4.69) is 4.98 Å². The Hall–Kier alpha value is -3.31. The monoisotopic (exact) mass is 400 g/mol. The van der Waals surface area contributed by atoms with Gasteiger partial charge in [0.2, 0.25) is 10.0 Å². The second-order valence-corrected chi connectivity index (χ2v) is 9.08. The summed E-state index contributed by atoms with van der Waals surface area (Å²) in [6, 6.07) is 24.9. The highest BCUT2D eigenvalue weighted by atomic mass is 32.2. The van der Waals surface area contributed by atoms with Crippen LogP contribution in [-0.4, -0.2) is 17.7 Å². The van der Waals surface area contributed by atoms with Gasteiger partial charge in [0, 0.05) is 28.9 Å². The summed E-state index contributed by atoms with van der Waals surface area (Å²) in [5, 5.41) is 1.03. The second-order valence-electron chi connectivity index (χ2n) is 7.21. The third kappa shape index (κ3) is 3.13. The first-order chi connectivity index (χ1) is 14.1. The van der Waals surface area contributed by atoms with Gasteiger partial charge >= 0.3 is 0 Å². The lowest BCUT2D eigenvalue weighted by Gasteiger charge is -2.34. The lowest BCUT2D eigenvalue weighted by Crippen LogP contribution is -2.34. The van der Waals surface area contributed by atoms with E-state index in [1.165, 1.54) is 4.31 Å². The van der Waals surface area contributed by atoms with Gasteiger partial charge < -0.3 is 4.98 Å². The van der Waals surface area contributed by atoms with Crippen LogP contribution in [0.15, 0.2) is 91.3 Å². The highest BCUT2D eigenvalue weighted by molar-refractivity contribution is 7.88. The molecule has 3 aromatic carbocycles. The summed E-state index contributed by atoms with van der Waals surface area (Å²) in [5.41, 5.74) is 4.74. The molecule has 0 unspecified atom stereocenters. The van der Waals surface area contributed by atoms with Crippen LogP contribution >= 0.6 is 0 Å². The van der Waals surface area contributed by atoms with Crippen molar-refractivity contribution in [2.75, 3.05) is 0 Å². The number of sulfonamides is 1. The van der Waals surface area contributed by atoms with Crippen molar-refractivity contribution in [3.63, 3.8) is 0 Å². The summed E-state index contributed by atoms with van der Waals surface area (Å²) in [4.78, 5) is 3.29. The average Bonchev–Trinajstić information content (AvgIpc) is 3.17. The largest absolute Gasteiger partial charge is 0.361 e. The van der Waals surface area contributed by atoms with Crippen LogP contribution in [-0.2, 0) is 15.8 Å². The second kappa shape index (κ2) is 6.94. The number of para-hydroxylation sites is 1. The summed E-state index contributed by atoms with van der Waals surface area (Å²) in [6.45, 7) is 0. The van der Waals surface area contributed by atoms with Crippen molar-refractivity contribution >= 4 is 27.0 Å². The molecular formula is C24H20N2O2S. The zero-order valence-corrected chi connectivity index (χ0v) is 16.5. The van der Waals surface area contributed by atoms with Gasteiger partial charge in [0.25, 0.3) is 0 Å². The molecule has 0 radical (unpaired) electrons. The molecule has 1 aromatic heterocycles. The van der Waals surface area contributed by atoms with Gasteiger partial charge in [-0.15, -0.1) is 0 Å². The number of aromatic nitrogens is 1. The molecular weight excluding hydrogens is 380 g/mol. The molecule has 1 aliphatic rings. The van der Waals surface area contributed by atoms with Crippen molar-refractivity contribution in [2.24, 2.45) is 0 Å². The Bertz CT molecular complexity index is 1310. The zero-order valence-electron chi connectivity index (χ0n) is 15.7. The predicted octanol–water partition coefficient (Wildman–Crippen LogP) is 5.07. The molecule has 1 aliphatic heterocycles. The van der Waals surface area contributed by atoms with Crippen LogP contribution in [0.2, 0.25) is 0 Å². The minimum absolute atomic E-state index is 0.0425. The van der Waals surface area contributed by atoms with Crippen LogP contribution in [0.3, 0.4) is 0 Å². The third-order valence-corrected chi connectivity index (χ3v) is 7.05. The fraction of sp³-hybridized carbons (Fsp3) is 0.0833. The number of benzene rings is 3. The van der Waals surface area contributed by atoms with E-state index in [1.807, 2.05) is 91.1 Å². The maximum atomic E-state index is 13.5. The Kier molecular flexibility index (Phi) is 4.25. The molecule has 0 fully saturated rings. The number of nitrogens with zero attached hydrogens (tertiary/aromatic N) is 1. The van der Waals surface area contributed by atoms with Crippen molar-refractivity contribution in [1.82, 2.24) is 9.29 Å². The van der Waals surface area contributed by atoms with E-state index in [1.54, 1.807) is 6.20 Å². The summed E-state index contributed by atoms with van der Waals surface area (Å²) in [6.07, 6.45) is 5.51. The lowest BCUT2D eigenvalue weighted by atomic mass is 9.92. The maximum Gasteiger partial charge on any atom is 0.239 e. The van der Waals surface area contributed by atoms with E-state index < -0.39 is 16.1 Å². The normalized spacial score (nSPS) is 16.1. The van der Waals surface area contributed by atoms with Crippen LogP contribution in [0.25, 0.3) is 17.0 Å². The standard InChI is InChI=1S/C24H20N2O2S/c27-29(28,17-18-8-2-1-3-9-18)26-15-14-19-10-4-5-11-20(19)24(26)22-16-25-23-13-7-6-12-21(22)23/h1-16,24-25H,17H2/t24-/m1/s1. The predicted molar refractivity (Wildman–Crippen MR) is 117 cm³/mol. The summed E-state index contributed by atoms with van der Waals surface area (Å²) in [5.74, 6) is -0.0425. The van der Waals surface area contributed by atoms with Crippen molar-refractivity contribution in [1.29, 1.82) is 0 Å². The number of rotatable bonds is 4. The fourth-order valence-electron chi connectivity index (χ4n) is 4.03. The number of fused-ring (bicyclic) bond motifs is 2. The van der Waals surface area contributed by atoms with Crippen molar-refractivity contribution in [2.45, 2.75) is 11.8 Å². The van der Waals surface area contributed by atoms with Crippen LogP contribution in [0.1, 0.15) is 28.3 Å². The van der Waals surface area contributed by atoms with Crippen molar-refractivity contribution in [3.05, 3.63) is 114 Å². The molecule has 0 bridgehead atoms. The molecule has 5 heteroatoms. The topological polar surface area (TPSA) is 53.2 Å². The SMILES string of the molecule is O=S(=O)(Cc1ccccc1)N1C=Cc2ccccc2[C@@H]1c1c[nH]c2ccccc12. The number of hydrogen-bond donors (Lipinski definition) is 1. The van der Waals surface area contributed by atoms with Gasteiger partial charge in [-0.2, -0.15) is 0 Å². The molecule has 0 aliphatic carbocycles. The van der Waals surface area contributed by atoms with Crippen LogP contribution < -0.4 is 0 Å². The van der Waals surface area contributed by atoms with Crippen LogP contribution in [0.4, 0.5) is 0 Å². The van der Waals surface area contributed by atoms with E-state index in [9.17, 15) is 8.42 Å². The van der Waals surface area contributed by atoms with E-state index in [-0.39, 0.29) is 5.75 Å². The lowest BCUT2D eigenvalue weighted by molar-refractivity contribution is 0.448. The van der Waals surface area contributed by atoms with Crippen LogP contribution in [0, 0.1) is 0 Å². The van der Waals surface area contributed by atoms with Crippen molar-refractivity contribution in [3.8, 4) is 0 Å². The molecule has 0 saturated carbocycles. The summed E-state index contributed by atoms with van der Waals surface area (Å²) in [7, 11) is -3.59. The van der Waals surface area contributed by atoms with Gasteiger partial charge in [-0.05, 0) is 28.8 Å². The maximum absolute atomic E-state index is 13.5. The fourth-order valence-corrected chi connectivity index (χ4v) is 5.58. The molecule has 0 amide bonds. The molecule has 4 aromatic rings. The first kappa shape index (κ1) is 17.8. The molecule has 5 rings (SSSR count). The minimum Gasteiger partial charge on any atom is -0.361 e. The van der Waals surface area contributed by atoms with Gasteiger partial charge in [-0.3, -0.25) is 4.31 Å². The Labute approximate surface area is 170 Å².